The lowest BCUT2D eigenvalue weighted by molar-refractivity contribution is 0.00642. The van der Waals surface area contributed by atoms with E-state index in [9.17, 15) is 14.0 Å². The zero-order chi connectivity index (χ0) is 25.2. The topological polar surface area (TPSA) is 65.1 Å². The van der Waals surface area contributed by atoms with Crippen molar-refractivity contribution in [2.45, 2.75) is 70.7 Å². The van der Waals surface area contributed by atoms with Crippen LogP contribution in [0, 0.1) is 11.7 Å². The van der Waals surface area contributed by atoms with Crippen LogP contribution in [-0.4, -0.2) is 41.3 Å². The second-order valence-electron chi connectivity index (χ2n) is 10.2. The number of rotatable bonds is 6. The molecular weight excluding hydrogens is 473 g/mol. The van der Waals surface area contributed by atoms with Gasteiger partial charge in [-0.2, -0.15) is 0 Å². The lowest BCUT2D eigenvalue weighted by atomic mass is 9.91. The number of hydrogen-bond donors (Lipinski definition) is 0. The third-order valence-corrected chi connectivity index (χ3v) is 6.66. The Kier molecular flexibility index (Phi) is 7.55. The fraction of sp³-hybridized carbons (Fsp3) is 0.481. The third kappa shape index (κ3) is 6.26. The van der Waals surface area contributed by atoms with Crippen molar-refractivity contribution < 1.29 is 28.2 Å². The number of benzene rings is 2. The first kappa shape index (κ1) is 25.3. The Morgan fingerprint density at radius 1 is 1.09 bits per heavy atom. The monoisotopic (exact) mass is 503 g/mol. The van der Waals surface area contributed by atoms with Crippen molar-refractivity contribution in [3.8, 4) is 5.75 Å². The Balaban J connectivity index is 1.32. The minimum atomic E-state index is -0.772. The first-order valence-corrected chi connectivity index (χ1v) is 12.3. The van der Waals surface area contributed by atoms with Gasteiger partial charge in [0.15, 0.2) is 0 Å². The largest absolute Gasteiger partial charge is 0.492 e. The van der Waals surface area contributed by atoms with Crippen LogP contribution < -0.4 is 4.74 Å². The highest BCUT2D eigenvalue weighted by Gasteiger charge is 2.44. The first-order chi connectivity index (χ1) is 16.6. The number of fused-ring (bicyclic) bond motifs is 2. The summed E-state index contributed by atoms with van der Waals surface area (Å²) in [7, 11) is 0. The van der Waals surface area contributed by atoms with Crippen LogP contribution in [0.1, 0.15) is 62.4 Å². The van der Waals surface area contributed by atoms with E-state index in [1.165, 1.54) is 6.07 Å². The summed E-state index contributed by atoms with van der Waals surface area (Å²) in [6, 6.07) is 12.2. The summed E-state index contributed by atoms with van der Waals surface area (Å²) in [6.45, 7) is 5.74. The van der Waals surface area contributed by atoms with E-state index in [4.69, 9.17) is 25.8 Å². The fourth-order valence-electron chi connectivity index (χ4n) is 4.85. The molecule has 2 fully saturated rings. The molecular formula is C27H31ClFNO5. The van der Waals surface area contributed by atoms with Gasteiger partial charge < -0.3 is 19.1 Å². The molecule has 4 rings (SSSR count). The molecule has 0 saturated carbocycles. The summed E-state index contributed by atoms with van der Waals surface area (Å²) < 4.78 is 31.3. The fourth-order valence-corrected chi connectivity index (χ4v) is 5.07. The smallest absolute Gasteiger partial charge is 0.410 e. The summed E-state index contributed by atoms with van der Waals surface area (Å²) in [5.74, 6) is -1.12. The molecule has 3 atom stereocenters. The van der Waals surface area contributed by atoms with E-state index in [2.05, 4.69) is 0 Å². The lowest BCUT2D eigenvalue weighted by Crippen LogP contribution is -2.47. The molecule has 8 heteroatoms. The maximum atomic E-state index is 14.6. The van der Waals surface area contributed by atoms with Crippen LogP contribution in [0.25, 0.3) is 0 Å². The predicted molar refractivity (Wildman–Crippen MR) is 130 cm³/mol. The van der Waals surface area contributed by atoms with Gasteiger partial charge in [-0.15, -0.1) is 0 Å². The van der Waals surface area contributed by atoms with Crippen molar-refractivity contribution in [1.29, 1.82) is 0 Å². The Morgan fingerprint density at radius 2 is 1.74 bits per heavy atom. The van der Waals surface area contributed by atoms with Crippen LogP contribution in [0.5, 0.6) is 5.75 Å². The standard InChI is InChI=1S/C27H31ClFNO5/c1-27(2,3)35-25(31)21-13-22(28)24(14-23(21)29)33-16-18-11-19-9-10-20(12-18)30(19)26(32)34-15-17-7-5-4-6-8-17/h4-8,13-14,18-20H,9-12,15-16H2,1-3H3/t18?,19-,20+. The summed E-state index contributed by atoms with van der Waals surface area (Å²) in [4.78, 5) is 26.9. The summed E-state index contributed by atoms with van der Waals surface area (Å²) in [6.07, 6.45) is 3.16. The van der Waals surface area contributed by atoms with E-state index >= 15 is 0 Å². The molecule has 2 aliphatic rings. The minimum absolute atomic E-state index is 0.104. The van der Waals surface area contributed by atoms with Crippen LogP contribution in [0.3, 0.4) is 0 Å². The molecule has 2 aliphatic heterocycles. The predicted octanol–water partition coefficient (Wildman–Crippen LogP) is 6.39. The van der Waals surface area contributed by atoms with Crippen molar-refractivity contribution in [1.82, 2.24) is 4.90 Å². The van der Waals surface area contributed by atoms with E-state index in [0.29, 0.717) is 6.61 Å². The number of esters is 1. The maximum absolute atomic E-state index is 14.6. The molecule has 2 saturated heterocycles. The maximum Gasteiger partial charge on any atom is 0.410 e. The molecule has 0 spiro atoms. The minimum Gasteiger partial charge on any atom is -0.492 e. The molecule has 0 aromatic heterocycles. The molecule has 35 heavy (non-hydrogen) atoms. The van der Waals surface area contributed by atoms with Gasteiger partial charge in [-0.05, 0) is 64.0 Å². The Morgan fingerprint density at radius 3 is 2.37 bits per heavy atom. The average Bonchev–Trinajstić information content (AvgIpc) is 3.07. The number of nitrogens with zero attached hydrogens (tertiary/aromatic N) is 1. The number of hydrogen-bond acceptors (Lipinski definition) is 5. The van der Waals surface area contributed by atoms with E-state index in [1.54, 1.807) is 20.8 Å². The van der Waals surface area contributed by atoms with Crippen LogP contribution in [0.2, 0.25) is 5.02 Å². The summed E-state index contributed by atoms with van der Waals surface area (Å²) in [5, 5.41) is 0.150. The summed E-state index contributed by atoms with van der Waals surface area (Å²) >= 11 is 6.29. The van der Waals surface area contributed by atoms with Gasteiger partial charge in [0, 0.05) is 18.2 Å². The molecule has 2 bridgehead atoms. The van der Waals surface area contributed by atoms with Gasteiger partial charge in [0.05, 0.1) is 17.2 Å². The lowest BCUT2D eigenvalue weighted by Gasteiger charge is -2.38. The number of piperidine rings is 1. The highest BCUT2D eigenvalue weighted by molar-refractivity contribution is 6.32. The van der Waals surface area contributed by atoms with Crippen molar-refractivity contribution in [2.24, 2.45) is 5.92 Å². The van der Waals surface area contributed by atoms with Gasteiger partial charge in [0.2, 0.25) is 0 Å². The van der Waals surface area contributed by atoms with Crippen molar-refractivity contribution in [2.75, 3.05) is 6.61 Å². The highest BCUT2D eigenvalue weighted by atomic mass is 35.5. The molecule has 0 aliphatic carbocycles. The second-order valence-corrected chi connectivity index (χ2v) is 10.7. The Bertz CT molecular complexity index is 1060. The van der Waals surface area contributed by atoms with Crippen LogP contribution in [-0.2, 0) is 16.1 Å². The normalized spacial score (nSPS) is 21.5. The Labute approximate surface area is 210 Å². The molecule has 2 aromatic rings. The molecule has 188 valence electrons. The van der Waals surface area contributed by atoms with Crippen LogP contribution in [0.4, 0.5) is 9.18 Å². The second kappa shape index (κ2) is 10.4. The SMILES string of the molecule is CC(C)(C)OC(=O)c1cc(Cl)c(OCC2C[C@H]3CC[C@@H](C2)N3C(=O)OCc2ccccc2)cc1F. The van der Waals surface area contributed by atoms with Crippen molar-refractivity contribution >= 4 is 23.7 Å². The third-order valence-electron chi connectivity index (χ3n) is 6.36. The van der Waals surface area contributed by atoms with E-state index in [-0.39, 0.29) is 47.0 Å². The van der Waals surface area contributed by atoms with E-state index in [0.717, 1.165) is 37.3 Å². The molecule has 1 amide bonds. The van der Waals surface area contributed by atoms with Gasteiger partial charge in [-0.1, -0.05) is 41.9 Å². The van der Waals surface area contributed by atoms with Crippen molar-refractivity contribution in [3.05, 3.63) is 64.4 Å². The van der Waals surface area contributed by atoms with Gasteiger partial charge >= 0.3 is 12.1 Å². The number of ether oxygens (including phenoxy) is 3. The van der Waals surface area contributed by atoms with E-state index in [1.807, 2.05) is 35.2 Å². The number of carbonyl (C=O) groups is 2. The van der Waals surface area contributed by atoms with Gasteiger partial charge in [0.25, 0.3) is 0 Å². The highest BCUT2D eigenvalue weighted by Crippen LogP contribution is 2.40. The molecule has 6 nitrogen and oxygen atoms in total. The zero-order valence-electron chi connectivity index (χ0n) is 20.3. The van der Waals surface area contributed by atoms with Gasteiger partial charge in [0.1, 0.15) is 23.8 Å². The molecule has 2 aromatic carbocycles. The average molecular weight is 504 g/mol. The van der Waals surface area contributed by atoms with Gasteiger partial charge in [-0.25, -0.2) is 14.0 Å². The van der Waals surface area contributed by atoms with E-state index < -0.39 is 17.4 Å². The van der Waals surface area contributed by atoms with Crippen molar-refractivity contribution in [3.63, 3.8) is 0 Å². The number of amides is 1. The van der Waals surface area contributed by atoms with Crippen LogP contribution >= 0.6 is 11.6 Å². The molecule has 0 N–H and O–H groups in total. The molecule has 0 radical (unpaired) electrons. The Hall–Kier alpha value is -2.80. The summed E-state index contributed by atoms with van der Waals surface area (Å²) in [5.41, 5.74) is -0.0104. The quantitative estimate of drug-likeness (QED) is 0.427. The van der Waals surface area contributed by atoms with Gasteiger partial charge in [-0.3, -0.25) is 0 Å². The molecule has 1 unspecified atom stereocenters. The first-order valence-electron chi connectivity index (χ1n) is 11.9. The van der Waals surface area contributed by atoms with Crippen LogP contribution in [0.15, 0.2) is 42.5 Å². The number of carbonyl (C=O) groups excluding carboxylic acids is 2. The molecule has 2 heterocycles. The number of halogens is 2. The zero-order valence-corrected chi connectivity index (χ0v) is 21.0.